The van der Waals surface area contributed by atoms with Gasteiger partial charge in [0.1, 0.15) is 12.0 Å². The molecule has 6 nitrogen and oxygen atoms in total. The van der Waals surface area contributed by atoms with Crippen molar-refractivity contribution in [3.05, 3.63) is 30.1 Å². The van der Waals surface area contributed by atoms with Crippen LogP contribution in [0.4, 0.5) is 0 Å². The Morgan fingerprint density at radius 2 is 1.85 bits per heavy atom. The fourth-order valence-corrected chi connectivity index (χ4v) is 3.97. The van der Waals surface area contributed by atoms with Gasteiger partial charge in [0, 0.05) is 30.1 Å². The lowest BCUT2D eigenvalue weighted by Crippen LogP contribution is -2.65. The van der Waals surface area contributed by atoms with E-state index in [2.05, 4.69) is 4.98 Å². The molecule has 0 spiro atoms. The van der Waals surface area contributed by atoms with Crippen molar-refractivity contribution in [2.75, 3.05) is 13.1 Å². The molecule has 1 saturated heterocycles. The van der Waals surface area contributed by atoms with Gasteiger partial charge in [0.05, 0.1) is 13.1 Å². The summed E-state index contributed by atoms with van der Waals surface area (Å²) in [5, 5.41) is 12.1. The highest BCUT2D eigenvalue weighted by Gasteiger charge is 2.57. The van der Waals surface area contributed by atoms with E-state index in [4.69, 9.17) is 0 Å². The highest BCUT2D eigenvalue weighted by atomic mass is 16.4. The summed E-state index contributed by atoms with van der Waals surface area (Å²) in [6.45, 7) is 7.89. The predicted octanol–water partition coefficient (Wildman–Crippen LogP) is 1.45. The molecule has 1 aliphatic rings. The van der Waals surface area contributed by atoms with E-state index < -0.39 is 29.1 Å². The molecule has 3 atom stereocenters. The molecule has 0 aromatic carbocycles. The maximum atomic E-state index is 13.3. The molecule has 0 radical (unpaired) electrons. The van der Waals surface area contributed by atoms with Gasteiger partial charge in [-0.2, -0.15) is 0 Å². The lowest BCUT2D eigenvalue weighted by atomic mass is 9.83. The Morgan fingerprint density at radius 1 is 1.23 bits per heavy atom. The van der Waals surface area contributed by atoms with E-state index in [-0.39, 0.29) is 10.4 Å². The molecular weight excluding hydrogens is 332 g/mol. The minimum atomic E-state index is -1.27. The SMILES string of the molecule is CCC[N+]1(C(=O)C(=O)C(C)(C)CC)CCC(c2ccncc2)C1C(=O)[O-]. The summed E-state index contributed by atoms with van der Waals surface area (Å²) in [6.07, 6.45) is 4.88. The Morgan fingerprint density at radius 3 is 2.35 bits per heavy atom. The van der Waals surface area contributed by atoms with E-state index in [0.29, 0.717) is 32.4 Å². The van der Waals surface area contributed by atoms with Crippen molar-refractivity contribution in [2.24, 2.45) is 5.41 Å². The number of Topliss-reactive ketones (excluding diaryl/α,β-unsaturated/α-hetero) is 1. The molecule has 0 saturated carbocycles. The number of carboxylic acid groups (broad SMARTS) is 1. The standard InChI is InChI=1S/C20H28N2O4/c1-5-12-22(18(24)17(23)20(3,4)6-2)13-9-15(16(22)19(25)26)14-7-10-21-11-8-14/h7-8,10-11,15-16H,5-6,9,12-13H2,1-4H3. The van der Waals surface area contributed by atoms with Crippen molar-refractivity contribution < 1.29 is 24.0 Å². The summed E-state index contributed by atoms with van der Waals surface area (Å²) < 4.78 is -0.339. The van der Waals surface area contributed by atoms with Gasteiger partial charge >= 0.3 is 5.91 Å². The molecule has 142 valence electrons. The van der Waals surface area contributed by atoms with Crippen LogP contribution in [0.25, 0.3) is 0 Å². The van der Waals surface area contributed by atoms with Gasteiger partial charge in [-0.1, -0.05) is 27.7 Å². The van der Waals surface area contributed by atoms with Crippen LogP contribution in [-0.2, 0) is 14.4 Å². The summed E-state index contributed by atoms with van der Waals surface area (Å²) >= 11 is 0. The highest BCUT2D eigenvalue weighted by molar-refractivity contribution is 6.35. The molecule has 1 fully saturated rings. The minimum absolute atomic E-state index is 0.324. The number of hydrogen-bond acceptors (Lipinski definition) is 5. The second kappa shape index (κ2) is 7.66. The Labute approximate surface area is 154 Å². The first-order chi connectivity index (χ1) is 12.2. The molecule has 1 aliphatic heterocycles. The number of amides is 1. The Bertz CT molecular complexity index is 686. The van der Waals surface area contributed by atoms with Crippen LogP contribution >= 0.6 is 0 Å². The largest absolute Gasteiger partial charge is 0.544 e. The van der Waals surface area contributed by atoms with Crippen LogP contribution in [0.1, 0.15) is 58.4 Å². The quantitative estimate of drug-likeness (QED) is 0.542. The summed E-state index contributed by atoms with van der Waals surface area (Å²) in [4.78, 5) is 42.3. The van der Waals surface area contributed by atoms with Crippen molar-refractivity contribution in [1.29, 1.82) is 0 Å². The number of aromatic nitrogens is 1. The average molecular weight is 360 g/mol. The summed E-state index contributed by atoms with van der Waals surface area (Å²) in [6, 6.07) is 2.49. The van der Waals surface area contributed by atoms with Gasteiger partial charge in [-0.3, -0.25) is 9.78 Å². The number of rotatable bonds is 7. The zero-order valence-electron chi connectivity index (χ0n) is 16.0. The highest BCUT2D eigenvalue weighted by Crippen LogP contribution is 2.40. The second-order valence-electron chi connectivity index (χ2n) is 7.79. The van der Waals surface area contributed by atoms with Crippen LogP contribution in [0.3, 0.4) is 0 Å². The van der Waals surface area contributed by atoms with Crippen molar-refractivity contribution in [1.82, 2.24) is 4.98 Å². The minimum Gasteiger partial charge on any atom is -0.544 e. The van der Waals surface area contributed by atoms with Gasteiger partial charge in [-0.15, -0.1) is 0 Å². The molecule has 3 unspecified atom stereocenters. The van der Waals surface area contributed by atoms with Crippen LogP contribution in [0.2, 0.25) is 0 Å². The number of carbonyl (C=O) groups is 3. The zero-order chi connectivity index (χ0) is 19.5. The van der Waals surface area contributed by atoms with Crippen LogP contribution in [0.15, 0.2) is 24.5 Å². The van der Waals surface area contributed by atoms with Gasteiger partial charge in [-0.05, 0) is 30.5 Å². The number of pyridine rings is 1. The number of nitrogens with zero attached hydrogens (tertiary/aromatic N) is 2. The molecular formula is C20H28N2O4. The van der Waals surface area contributed by atoms with Crippen molar-refractivity contribution in [3.63, 3.8) is 0 Å². The second-order valence-corrected chi connectivity index (χ2v) is 7.79. The lowest BCUT2D eigenvalue weighted by molar-refractivity contribution is -0.858. The normalized spacial score (nSPS) is 25.8. The molecule has 1 aromatic heterocycles. The molecule has 0 bridgehead atoms. The number of aliphatic carboxylic acids is 1. The van der Waals surface area contributed by atoms with Crippen LogP contribution in [-0.4, -0.2) is 46.3 Å². The summed E-state index contributed by atoms with van der Waals surface area (Å²) in [5.41, 5.74) is 0.0155. The number of quaternary nitrogens is 1. The van der Waals surface area contributed by atoms with E-state index in [1.54, 1.807) is 38.4 Å². The predicted molar refractivity (Wildman–Crippen MR) is 94.8 cm³/mol. The summed E-state index contributed by atoms with van der Waals surface area (Å²) in [5.74, 6) is -2.72. The van der Waals surface area contributed by atoms with Crippen LogP contribution in [0, 0.1) is 5.41 Å². The van der Waals surface area contributed by atoms with E-state index in [1.165, 1.54) is 0 Å². The maximum absolute atomic E-state index is 13.3. The number of ketones is 1. The fourth-order valence-electron chi connectivity index (χ4n) is 3.97. The van der Waals surface area contributed by atoms with Crippen molar-refractivity contribution in [3.8, 4) is 0 Å². The van der Waals surface area contributed by atoms with Gasteiger partial charge < -0.3 is 9.90 Å². The topological polar surface area (TPSA) is 87.2 Å². The van der Waals surface area contributed by atoms with Gasteiger partial charge in [-0.25, -0.2) is 9.28 Å². The molecule has 2 heterocycles. The molecule has 0 aliphatic carbocycles. The Hall–Kier alpha value is -2.08. The molecule has 1 aromatic rings. The molecule has 1 amide bonds. The third kappa shape index (κ3) is 3.43. The van der Waals surface area contributed by atoms with Gasteiger partial charge in [0.15, 0.2) is 0 Å². The number of likely N-dealkylation sites (tertiary alicyclic amines) is 1. The van der Waals surface area contributed by atoms with E-state index >= 15 is 0 Å². The summed E-state index contributed by atoms with van der Waals surface area (Å²) in [7, 11) is 0. The van der Waals surface area contributed by atoms with E-state index in [1.807, 2.05) is 13.8 Å². The first kappa shape index (κ1) is 20.2. The molecule has 0 N–H and O–H groups in total. The first-order valence-corrected chi connectivity index (χ1v) is 9.28. The van der Waals surface area contributed by atoms with Crippen molar-refractivity contribution in [2.45, 2.75) is 58.9 Å². The van der Waals surface area contributed by atoms with Crippen molar-refractivity contribution >= 4 is 17.7 Å². The van der Waals surface area contributed by atoms with Crippen LogP contribution in [0.5, 0.6) is 0 Å². The smallest absolute Gasteiger partial charge is 0.382 e. The average Bonchev–Trinajstić information content (AvgIpc) is 3.02. The molecule has 2 rings (SSSR count). The van der Waals surface area contributed by atoms with Crippen LogP contribution < -0.4 is 5.11 Å². The Kier molecular flexibility index (Phi) is 5.96. The van der Waals surface area contributed by atoms with E-state index in [9.17, 15) is 19.5 Å². The lowest BCUT2D eigenvalue weighted by Gasteiger charge is -2.40. The molecule has 26 heavy (non-hydrogen) atoms. The Balaban J connectivity index is 2.50. The zero-order valence-corrected chi connectivity index (χ0v) is 16.0. The first-order valence-electron chi connectivity index (χ1n) is 9.28. The number of carboxylic acids is 1. The third-order valence-electron chi connectivity index (χ3n) is 5.85. The third-order valence-corrected chi connectivity index (χ3v) is 5.85. The number of hydrogen-bond donors (Lipinski definition) is 0. The molecule has 6 heteroatoms. The van der Waals surface area contributed by atoms with Gasteiger partial charge in [0.2, 0.25) is 0 Å². The van der Waals surface area contributed by atoms with E-state index in [0.717, 1.165) is 5.56 Å². The maximum Gasteiger partial charge on any atom is 0.382 e. The monoisotopic (exact) mass is 360 g/mol. The van der Waals surface area contributed by atoms with Gasteiger partial charge in [0.25, 0.3) is 5.78 Å². The fraction of sp³-hybridized carbons (Fsp3) is 0.600. The number of carbonyl (C=O) groups excluding carboxylic acids is 3.